The van der Waals surface area contributed by atoms with E-state index in [0.717, 1.165) is 6.42 Å². The second-order valence-corrected chi connectivity index (χ2v) is 4.12. The SMILES string of the molecule is CCCOCCC(C(=O)O)=C(N)COC(=O)N(C)C. The largest absolute Gasteiger partial charge is 0.478 e. The Bertz CT molecular complexity index is 339. The standard InChI is InChI=1S/C12H22N2O5/c1-4-6-18-7-5-9(11(15)16)10(13)8-19-12(17)14(2)3/h4-8,13H2,1-3H3,(H,15,16). The van der Waals surface area contributed by atoms with Crippen molar-refractivity contribution in [2.24, 2.45) is 5.73 Å². The summed E-state index contributed by atoms with van der Waals surface area (Å²) in [5.74, 6) is -1.13. The van der Waals surface area contributed by atoms with E-state index in [4.69, 9.17) is 20.3 Å². The van der Waals surface area contributed by atoms with Gasteiger partial charge in [0.2, 0.25) is 0 Å². The van der Waals surface area contributed by atoms with E-state index in [9.17, 15) is 9.59 Å². The molecule has 0 aromatic rings. The third-order valence-corrected chi connectivity index (χ3v) is 2.21. The number of aliphatic carboxylic acids is 1. The molecule has 0 aromatic carbocycles. The molecule has 0 heterocycles. The summed E-state index contributed by atoms with van der Waals surface area (Å²) in [6.45, 7) is 2.57. The molecule has 7 nitrogen and oxygen atoms in total. The lowest BCUT2D eigenvalue weighted by molar-refractivity contribution is -0.133. The number of ether oxygens (including phenoxy) is 2. The molecule has 19 heavy (non-hydrogen) atoms. The van der Waals surface area contributed by atoms with E-state index in [1.165, 1.54) is 19.0 Å². The number of hydrogen-bond acceptors (Lipinski definition) is 5. The molecule has 3 N–H and O–H groups in total. The normalized spacial score (nSPS) is 11.7. The van der Waals surface area contributed by atoms with Crippen LogP contribution in [-0.2, 0) is 14.3 Å². The van der Waals surface area contributed by atoms with Gasteiger partial charge in [-0.15, -0.1) is 0 Å². The van der Waals surface area contributed by atoms with Crippen molar-refractivity contribution in [3.8, 4) is 0 Å². The van der Waals surface area contributed by atoms with Gasteiger partial charge in [-0.3, -0.25) is 0 Å². The number of nitrogens with two attached hydrogens (primary N) is 1. The molecule has 0 atom stereocenters. The Labute approximate surface area is 113 Å². The first-order valence-electron chi connectivity index (χ1n) is 6.02. The highest BCUT2D eigenvalue weighted by atomic mass is 16.6. The number of hydrogen-bond donors (Lipinski definition) is 2. The average molecular weight is 274 g/mol. The summed E-state index contributed by atoms with van der Waals surface area (Å²) in [4.78, 5) is 23.5. The van der Waals surface area contributed by atoms with Gasteiger partial charge in [-0.25, -0.2) is 9.59 Å². The molecule has 0 fully saturated rings. The van der Waals surface area contributed by atoms with Crippen molar-refractivity contribution in [2.75, 3.05) is 33.9 Å². The minimum absolute atomic E-state index is 0.0164. The minimum Gasteiger partial charge on any atom is -0.478 e. The van der Waals surface area contributed by atoms with Gasteiger partial charge >= 0.3 is 12.1 Å². The van der Waals surface area contributed by atoms with Crippen LogP contribution < -0.4 is 5.73 Å². The molecule has 0 saturated carbocycles. The third-order valence-electron chi connectivity index (χ3n) is 2.21. The Balaban J connectivity index is 4.42. The van der Waals surface area contributed by atoms with Gasteiger partial charge in [0.15, 0.2) is 0 Å². The van der Waals surface area contributed by atoms with Crippen LogP contribution >= 0.6 is 0 Å². The Morgan fingerprint density at radius 2 is 1.89 bits per heavy atom. The van der Waals surface area contributed by atoms with Crippen molar-refractivity contribution in [1.82, 2.24) is 4.90 Å². The Morgan fingerprint density at radius 1 is 1.26 bits per heavy atom. The fourth-order valence-corrected chi connectivity index (χ4v) is 1.18. The number of carboxylic acids is 1. The summed E-state index contributed by atoms with van der Waals surface area (Å²) in [6, 6.07) is 0. The van der Waals surface area contributed by atoms with Crippen LogP contribution in [0.25, 0.3) is 0 Å². The monoisotopic (exact) mass is 274 g/mol. The summed E-state index contributed by atoms with van der Waals surface area (Å²) in [6.07, 6.45) is 0.470. The van der Waals surface area contributed by atoms with E-state index in [-0.39, 0.29) is 30.9 Å². The molecule has 0 radical (unpaired) electrons. The number of carboxylic acid groups (broad SMARTS) is 1. The Morgan fingerprint density at radius 3 is 2.37 bits per heavy atom. The highest BCUT2D eigenvalue weighted by Gasteiger charge is 2.14. The lowest BCUT2D eigenvalue weighted by atomic mass is 10.1. The maximum absolute atomic E-state index is 11.2. The lowest BCUT2D eigenvalue weighted by Crippen LogP contribution is -2.26. The zero-order valence-corrected chi connectivity index (χ0v) is 11.6. The van der Waals surface area contributed by atoms with Gasteiger partial charge in [0.1, 0.15) is 6.61 Å². The van der Waals surface area contributed by atoms with Crippen LogP contribution in [-0.4, -0.2) is 56.0 Å². The van der Waals surface area contributed by atoms with Crippen LogP contribution in [0.4, 0.5) is 4.79 Å². The van der Waals surface area contributed by atoms with Crippen molar-refractivity contribution >= 4 is 12.1 Å². The number of rotatable bonds is 8. The molecule has 0 rings (SSSR count). The van der Waals surface area contributed by atoms with Gasteiger partial charge in [-0.1, -0.05) is 6.92 Å². The van der Waals surface area contributed by atoms with E-state index < -0.39 is 12.1 Å². The summed E-state index contributed by atoms with van der Waals surface area (Å²) in [5.41, 5.74) is 5.68. The zero-order chi connectivity index (χ0) is 14.8. The number of nitrogens with zero attached hydrogens (tertiary/aromatic N) is 1. The predicted octanol–water partition coefficient (Wildman–Crippen LogP) is 0.799. The molecule has 0 spiro atoms. The summed E-state index contributed by atoms with van der Waals surface area (Å²) in [7, 11) is 3.05. The molecule has 0 aliphatic rings. The van der Waals surface area contributed by atoms with Crippen LogP contribution in [0.15, 0.2) is 11.3 Å². The smallest absolute Gasteiger partial charge is 0.409 e. The van der Waals surface area contributed by atoms with E-state index in [1.807, 2.05) is 6.92 Å². The quantitative estimate of drug-likeness (QED) is 0.501. The summed E-state index contributed by atoms with van der Waals surface area (Å²) in [5, 5.41) is 9.03. The molecule has 7 heteroatoms. The van der Waals surface area contributed by atoms with Crippen LogP contribution in [0.1, 0.15) is 19.8 Å². The summed E-state index contributed by atoms with van der Waals surface area (Å²) < 4.78 is 10.0. The molecule has 0 aliphatic heterocycles. The van der Waals surface area contributed by atoms with Crippen LogP contribution in [0.3, 0.4) is 0 Å². The van der Waals surface area contributed by atoms with E-state index in [2.05, 4.69) is 0 Å². The maximum atomic E-state index is 11.2. The van der Waals surface area contributed by atoms with Gasteiger partial charge in [0, 0.05) is 27.1 Å². The number of carbonyl (C=O) groups excluding carboxylic acids is 1. The average Bonchev–Trinajstić information content (AvgIpc) is 2.34. The first kappa shape index (κ1) is 17.2. The maximum Gasteiger partial charge on any atom is 0.409 e. The third kappa shape index (κ3) is 7.30. The number of carbonyl (C=O) groups is 2. The Kier molecular flexibility index (Phi) is 8.35. The van der Waals surface area contributed by atoms with Crippen molar-refractivity contribution in [2.45, 2.75) is 19.8 Å². The Hall–Kier alpha value is -1.76. The predicted molar refractivity (Wildman–Crippen MR) is 69.6 cm³/mol. The molecule has 1 amide bonds. The summed E-state index contributed by atoms with van der Waals surface area (Å²) >= 11 is 0. The van der Waals surface area contributed by atoms with E-state index in [1.54, 1.807) is 0 Å². The molecular weight excluding hydrogens is 252 g/mol. The van der Waals surface area contributed by atoms with Gasteiger partial charge in [-0.2, -0.15) is 0 Å². The van der Waals surface area contributed by atoms with Gasteiger partial charge < -0.3 is 25.2 Å². The van der Waals surface area contributed by atoms with Crippen LogP contribution in [0, 0.1) is 0 Å². The lowest BCUT2D eigenvalue weighted by Gasteiger charge is -2.13. The topological polar surface area (TPSA) is 102 Å². The first-order chi connectivity index (χ1) is 8.90. The van der Waals surface area contributed by atoms with Crippen molar-refractivity contribution in [1.29, 1.82) is 0 Å². The second-order valence-electron chi connectivity index (χ2n) is 4.12. The molecule has 110 valence electrons. The molecule has 0 saturated heterocycles. The van der Waals surface area contributed by atoms with Gasteiger partial charge in [0.05, 0.1) is 17.9 Å². The number of amides is 1. The van der Waals surface area contributed by atoms with Crippen LogP contribution in [0.2, 0.25) is 0 Å². The molecule has 0 aromatic heterocycles. The molecule has 0 unspecified atom stereocenters. The highest BCUT2D eigenvalue weighted by Crippen LogP contribution is 2.07. The fourth-order valence-electron chi connectivity index (χ4n) is 1.18. The fraction of sp³-hybridized carbons (Fsp3) is 0.667. The van der Waals surface area contributed by atoms with E-state index >= 15 is 0 Å². The van der Waals surface area contributed by atoms with Crippen molar-refractivity contribution in [3.05, 3.63) is 11.3 Å². The highest BCUT2D eigenvalue weighted by molar-refractivity contribution is 5.87. The molecular formula is C12H22N2O5. The van der Waals surface area contributed by atoms with Crippen molar-refractivity contribution in [3.63, 3.8) is 0 Å². The van der Waals surface area contributed by atoms with Gasteiger partial charge in [0.25, 0.3) is 0 Å². The molecule has 0 bridgehead atoms. The van der Waals surface area contributed by atoms with Crippen LogP contribution in [0.5, 0.6) is 0 Å². The van der Waals surface area contributed by atoms with Gasteiger partial charge in [-0.05, 0) is 6.42 Å². The second kappa shape index (κ2) is 9.21. The molecule has 0 aliphatic carbocycles. The van der Waals surface area contributed by atoms with Crippen molar-refractivity contribution < 1.29 is 24.2 Å². The minimum atomic E-state index is -1.13. The zero-order valence-electron chi connectivity index (χ0n) is 11.6. The van der Waals surface area contributed by atoms with E-state index in [0.29, 0.717) is 6.61 Å². The first-order valence-corrected chi connectivity index (χ1v) is 6.02.